The van der Waals surface area contributed by atoms with Crippen LogP contribution in [0.2, 0.25) is 0 Å². The normalized spacial score (nSPS) is 22.5. The molecule has 4 rings (SSSR count). The van der Waals surface area contributed by atoms with Crippen LogP contribution in [0.3, 0.4) is 0 Å². The lowest BCUT2D eigenvalue weighted by Gasteiger charge is -2.26. The second-order valence-electron chi connectivity index (χ2n) is 6.86. The Kier molecular flexibility index (Phi) is 4.84. The number of rotatable bonds is 3. The van der Waals surface area contributed by atoms with Gasteiger partial charge >= 0.3 is 0 Å². The molecular weight excluding hydrogens is 428 g/mol. The molecule has 6 heteroatoms. The smallest absolute Gasteiger partial charge is 0.257 e. The maximum Gasteiger partial charge on any atom is 0.257 e. The Morgan fingerprint density at radius 3 is 2.38 bits per heavy atom. The molecule has 0 N–H and O–H groups in total. The first kappa shape index (κ1) is 18.0. The molecule has 2 aromatic carbocycles. The monoisotopic (exact) mass is 446 g/mol. The number of anilines is 1. The average molecular weight is 447 g/mol. The first-order valence-electron chi connectivity index (χ1n) is 8.60. The van der Waals surface area contributed by atoms with E-state index in [0.29, 0.717) is 11.0 Å². The highest BCUT2D eigenvalue weighted by molar-refractivity contribution is 9.10. The van der Waals surface area contributed by atoms with Gasteiger partial charge in [-0.05, 0) is 53.5 Å². The van der Waals surface area contributed by atoms with E-state index in [-0.39, 0.29) is 17.3 Å². The number of thiocarbonyl (C=S) groups is 1. The SMILES string of the molecule is CC(C)c1ccc([C@@H]2SC[C@@H]3C(=O)N(c4ccc(Br)cc4)C(=S)N32)cc1. The molecule has 2 atom stereocenters. The Morgan fingerprint density at radius 2 is 1.77 bits per heavy atom. The van der Waals surface area contributed by atoms with Crippen molar-refractivity contribution in [3.05, 3.63) is 64.1 Å². The van der Waals surface area contributed by atoms with Crippen LogP contribution in [0.1, 0.15) is 36.3 Å². The summed E-state index contributed by atoms with van der Waals surface area (Å²) in [5.41, 5.74) is 3.36. The third-order valence-corrected chi connectivity index (χ3v) is 7.14. The number of thioether (sulfide) groups is 1. The van der Waals surface area contributed by atoms with Crippen molar-refractivity contribution in [1.29, 1.82) is 0 Å². The van der Waals surface area contributed by atoms with Gasteiger partial charge in [-0.3, -0.25) is 9.69 Å². The number of fused-ring (bicyclic) bond motifs is 1. The summed E-state index contributed by atoms with van der Waals surface area (Å²) < 4.78 is 0.984. The predicted molar refractivity (Wildman–Crippen MR) is 116 cm³/mol. The topological polar surface area (TPSA) is 23.6 Å². The number of carbonyl (C=O) groups excluding carboxylic acids is 1. The second kappa shape index (κ2) is 6.98. The molecule has 0 spiro atoms. The largest absolute Gasteiger partial charge is 0.319 e. The van der Waals surface area contributed by atoms with Crippen LogP contribution < -0.4 is 4.90 Å². The molecule has 134 valence electrons. The van der Waals surface area contributed by atoms with Crippen molar-refractivity contribution in [3.63, 3.8) is 0 Å². The van der Waals surface area contributed by atoms with Crippen LogP contribution in [0.4, 0.5) is 5.69 Å². The Labute approximate surface area is 171 Å². The van der Waals surface area contributed by atoms with Crippen molar-refractivity contribution in [2.24, 2.45) is 0 Å². The first-order valence-corrected chi connectivity index (χ1v) is 10.9. The number of carbonyl (C=O) groups is 1. The van der Waals surface area contributed by atoms with Crippen LogP contribution in [-0.2, 0) is 4.79 Å². The summed E-state index contributed by atoms with van der Waals surface area (Å²) in [5.74, 6) is 1.35. The van der Waals surface area contributed by atoms with Gasteiger partial charge in [0.2, 0.25) is 0 Å². The lowest BCUT2D eigenvalue weighted by atomic mass is 10.0. The van der Waals surface area contributed by atoms with Gasteiger partial charge in [0.15, 0.2) is 5.11 Å². The van der Waals surface area contributed by atoms with E-state index < -0.39 is 0 Å². The van der Waals surface area contributed by atoms with Crippen LogP contribution in [0.15, 0.2) is 53.0 Å². The van der Waals surface area contributed by atoms with Gasteiger partial charge in [0.1, 0.15) is 11.4 Å². The molecule has 0 saturated carbocycles. The summed E-state index contributed by atoms with van der Waals surface area (Å²) in [5, 5.41) is 0.698. The van der Waals surface area contributed by atoms with E-state index in [1.807, 2.05) is 24.3 Å². The third-order valence-electron chi connectivity index (χ3n) is 4.89. The fourth-order valence-corrected chi connectivity index (χ4v) is 5.60. The van der Waals surface area contributed by atoms with Gasteiger partial charge in [0, 0.05) is 10.2 Å². The van der Waals surface area contributed by atoms with Crippen molar-refractivity contribution in [2.75, 3.05) is 10.7 Å². The summed E-state index contributed by atoms with van der Waals surface area (Å²) in [6.45, 7) is 4.39. The summed E-state index contributed by atoms with van der Waals surface area (Å²) in [6, 6.07) is 16.3. The summed E-state index contributed by atoms with van der Waals surface area (Å²) >= 11 is 11.0. The van der Waals surface area contributed by atoms with E-state index in [2.05, 4.69) is 58.9 Å². The number of benzene rings is 2. The highest BCUT2D eigenvalue weighted by Crippen LogP contribution is 2.46. The molecule has 3 nitrogen and oxygen atoms in total. The summed E-state index contributed by atoms with van der Waals surface area (Å²) in [6.07, 6.45) is 0. The van der Waals surface area contributed by atoms with Gasteiger partial charge in [-0.25, -0.2) is 0 Å². The molecule has 1 amide bonds. The van der Waals surface area contributed by atoms with Crippen LogP contribution in [-0.4, -0.2) is 27.7 Å². The quantitative estimate of drug-likeness (QED) is 0.595. The van der Waals surface area contributed by atoms with Gasteiger partial charge in [-0.1, -0.05) is 54.0 Å². The molecule has 0 aliphatic carbocycles. The van der Waals surface area contributed by atoms with E-state index in [4.69, 9.17) is 12.2 Å². The number of halogens is 1. The van der Waals surface area contributed by atoms with Crippen LogP contribution in [0.25, 0.3) is 0 Å². The summed E-state index contributed by atoms with van der Waals surface area (Å²) in [7, 11) is 0. The van der Waals surface area contributed by atoms with Gasteiger partial charge in [0.05, 0.1) is 5.69 Å². The second-order valence-corrected chi connectivity index (χ2v) is 9.26. The van der Waals surface area contributed by atoms with Crippen molar-refractivity contribution in [1.82, 2.24) is 4.90 Å². The Balaban J connectivity index is 1.63. The molecule has 2 heterocycles. The first-order chi connectivity index (χ1) is 12.5. The van der Waals surface area contributed by atoms with E-state index >= 15 is 0 Å². The zero-order valence-corrected chi connectivity index (χ0v) is 17.8. The van der Waals surface area contributed by atoms with Crippen LogP contribution in [0, 0.1) is 0 Å². The van der Waals surface area contributed by atoms with Crippen LogP contribution in [0.5, 0.6) is 0 Å². The highest BCUT2D eigenvalue weighted by atomic mass is 79.9. The summed E-state index contributed by atoms with van der Waals surface area (Å²) in [4.78, 5) is 16.8. The lowest BCUT2D eigenvalue weighted by Crippen LogP contribution is -2.33. The fourth-order valence-electron chi connectivity index (χ4n) is 3.42. The standard InChI is InChI=1S/C20H19BrN2OS2/c1-12(2)13-3-5-14(6-4-13)19-23-17(11-26-19)18(24)22(20(23)25)16-9-7-15(21)8-10-16/h3-10,12,17,19H,11H2,1-2H3/t17-,19+/m1/s1. The molecule has 2 saturated heterocycles. The van der Waals surface area contributed by atoms with E-state index in [9.17, 15) is 4.79 Å². The molecule has 2 fully saturated rings. The molecule has 26 heavy (non-hydrogen) atoms. The molecule has 2 aliphatic rings. The highest BCUT2D eigenvalue weighted by Gasteiger charge is 2.50. The Bertz CT molecular complexity index is 851. The molecule has 0 radical (unpaired) electrons. The maximum atomic E-state index is 13.0. The van der Waals surface area contributed by atoms with Gasteiger partial charge in [-0.15, -0.1) is 11.8 Å². The zero-order chi connectivity index (χ0) is 18.4. The third kappa shape index (κ3) is 2.98. The minimum Gasteiger partial charge on any atom is -0.319 e. The Hall–Kier alpha value is -1.37. The Morgan fingerprint density at radius 1 is 1.12 bits per heavy atom. The predicted octanol–water partition coefficient (Wildman–Crippen LogP) is 5.32. The number of hydrogen-bond acceptors (Lipinski definition) is 3. The van der Waals surface area contributed by atoms with Gasteiger partial charge < -0.3 is 4.90 Å². The van der Waals surface area contributed by atoms with Gasteiger partial charge in [0.25, 0.3) is 5.91 Å². The van der Waals surface area contributed by atoms with Crippen molar-refractivity contribution < 1.29 is 4.79 Å². The fraction of sp³-hybridized carbons (Fsp3) is 0.300. The van der Waals surface area contributed by atoms with Crippen molar-refractivity contribution in [2.45, 2.75) is 31.2 Å². The van der Waals surface area contributed by atoms with Crippen molar-refractivity contribution >= 4 is 56.6 Å². The van der Waals surface area contributed by atoms with Crippen LogP contribution >= 0.6 is 39.9 Å². The number of amides is 1. The molecule has 0 bridgehead atoms. The minimum absolute atomic E-state index is 0.0751. The number of nitrogens with zero attached hydrogens (tertiary/aromatic N) is 2. The molecule has 0 aromatic heterocycles. The van der Waals surface area contributed by atoms with E-state index in [1.54, 1.807) is 16.7 Å². The maximum absolute atomic E-state index is 13.0. The zero-order valence-electron chi connectivity index (χ0n) is 14.6. The molecule has 2 aromatic rings. The molecule has 0 unspecified atom stereocenters. The van der Waals surface area contributed by atoms with E-state index in [0.717, 1.165) is 15.9 Å². The van der Waals surface area contributed by atoms with E-state index in [1.165, 1.54) is 11.1 Å². The minimum atomic E-state index is -0.175. The average Bonchev–Trinajstić information content (AvgIpc) is 3.17. The van der Waals surface area contributed by atoms with Gasteiger partial charge in [-0.2, -0.15) is 0 Å². The molecule has 2 aliphatic heterocycles. The number of hydrogen-bond donors (Lipinski definition) is 0. The molecular formula is C20H19BrN2OS2. The van der Waals surface area contributed by atoms with Crippen molar-refractivity contribution in [3.8, 4) is 0 Å². The lowest BCUT2D eigenvalue weighted by molar-refractivity contribution is -0.119.